The predicted molar refractivity (Wildman–Crippen MR) is 88.8 cm³/mol. The maximum absolute atomic E-state index is 11.8. The van der Waals surface area contributed by atoms with E-state index in [2.05, 4.69) is 5.32 Å². The Kier molecular flexibility index (Phi) is 6.42. The number of esters is 1. The van der Waals surface area contributed by atoms with Crippen LogP contribution < -0.4 is 5.32 Å². The zero-order valence-corrected chi connectivity index (χ0v) is 14.3. The second-order valence-electron chi connectivity index (χ2n) is 5.69. The molecule has 1 aromatic carbocycles. The molecule has 9 heteroatoms. The van der Waals surface area contributed by atoms with Gasteiger partial charge in [0, 0.05) is 25.6 Å². The normalized spacial score (nSPS) is 13.7. The highest BCUT2D eigenvalue weighted by Crippen LogP contribution is 2.09. The molecule has 0 bridgehead atoms. The number of carbonyl (C=O) groups excluding carboxylic acids is 5. The zero-order chi connectivity index (χ0) is 19.1. The molecule has 1 aromatic rings. The molecule has 9 nitrogen and oxygen atoms in total. The molecule has 138 valence electrons. The van der Waals surface area contributed by atoms with Gasteiger partial charge in [0.15, 0.2) is 6.61 Å². The van der Waals surface area contributed by atoms with Crippen LogP contribution >= 0.6 is 0 Å². The third-order valence-corrected chi connectivity index (χ3v) is 3.65. The summed E-state index contributed by atoms with van der Waals surface area (Å²) in [7, 11) is 1.52. The average Bonchev–Trinajstić information content (AvgIpc) is 2.86. The van der Waals surface area contributed by atoms with E-state index < -0.39 is 30.4 Å². The molecular weight excluding hydrogens is 342 g/mol. The number of hydrogen-bond donors (Lipinski definition) is 1. The van der Waals surface area contributed by atoms with E-state index in [0.717, 1.165) is 4.90 Å². The number of imide groups is 2. The maximum atomic E-state index is 11.8. The Morgan fingerprint density at radius 1 is 1.15 bits per heavy atom. The lowest BCUT2D eigenvalue weighted by Gasteiger charge is -2.13. The summed E-state index contributed by atoms with van der Waals surface area (Å²) in [5, 5.41) is 2.11. The molecule has 0 unspecified atom stereocenters. The first-order valence-electron chi connectivity index (χ1n) is 7.99. The van der Waals surface area contributed by atoms with Gasteiger partial charge in [-0.3, -0.25) is 29.4 Å². The first-order chi connectivity index (χ1) is 12.4. The molecule has 5 amide bonds. The number of carbonyl (C=O) groups is 5. The molecule has 1 N–H and O–H groups in total. The van der Waals surface area contributed by atoms with Crippen molar-refractivity contribution in [3.05, 3.63) is 35.9 Å². The molecule has 1 aliphatic heterocycles. The van der Waals surface area contributed by atoms with Gasteiger partial charge >= 0.3 is 12.0 Å². The lowest BCUT2D eigenvalue weighted by Crippen LogP contribution is -2.34. The molecular formula is C17H19N3O6. The fourth-order valence-electron chi connectivity index (χ4n) is 2.31. The molecule has 0 saturated carbocycles. The third-order valence-electron chi connectivity index (χ3n) is 3.65. The van der Waals surface area contributed by atoms with Gasteiger partial charge in [0.1, 0.15) is 6.54 Å². The highest BCUT2D eigenvalue weighted by atomic mass is 16.5. The standard InChI is InChI=1S/C17H19N3O6/c1-19-10-14(22)20(17(19)25)9-5-8-15(23)26-11-13(21)18-16(24)12-6-3-2-4-7-12/h2-4,6-7H,5,8-11H2,1H3,(H,18,21,24). The van der Waals surface area contributed by atoms with Crippen LogP contribution in [0.25, 0.3) is 0 Å². The van der Waals surface area contributed by atoms with Crippen molar-refractivity contribution in [1.29, 1.82) is 0 Å². The van der Waals surface area contributed by atoms with Crippen molar-refractivity contribution >= 4 is 29.7 Å². The predicted octanol–water partition coefficient (Wildman–Crippen LogP) is 0.160. The van der Waals surface area contributed by atoms with Gasteiger partial charge in [-0.05, 0) is 18.6 Å². The van der Waals surface area contributed by atoms with E-state index >= 15 is 0 Å². The van der Waals surface area contributed by atoms with Gasteiger partial charge in [0.25, 0.3) is 11.8 Å². The summed E-state index contributed by atoms with van der Waals surface area (Å²) in [4.78, 5) is 60.6. The van der Waals surface area contributed by atoms with Crippen molar-refractivity contribution in [2.45, 2.75) is 12.8 Å². The van der Waals surface area contributed by atoms with Crippen LogP contribution in [0.5, 0.6) is 0 Å². The Labute approximate surface area is 149 Å². The Balaban J connectivity index is 1.65. The lowest BCUT2D eigenvalue weighted by atomic mass is 10.2. The Bertz CT molecular complexity index is 718. The summed E-state index contributed by atoms with van der Waals surface area (Å²) in [6.45, 7) is -0.448. The average molecular weight is 361 g/mol. The minimum atomic E-state index is -0.737. The van der Waals surface area contributed by atoms with Gasteiger partial charge in [0.05, 0.1) is 0 Å². The molecule has 0 radical (unpaired) electrons. The quantitative estimate of drug-likeness (QED) is 0.547. The van der Waals surface area contributed by atoms with Gasteiger partial charge in [-0.25, -0.2) is 4.79 Å². The van der Waals surface area contributed by atoms with Crippen molar-refractivity contribution in [2.24, 2.45) is 0 Å². The molecule has 0 atom stereocenters. The smallest absolute Gasteiger partial charge is 0.326 e. The number of nitrogens with zero attached hydrogens (tertiary/aromatic N) is 2. The fraction of sp³-hybridized carbons (Fsp3) is 0.353. The van der Waals surface area contributed by atoms with Gasteiger partial charge < -0.3 is 9.64 Å². The van der Waals surface area contributed by atoms with Gasteiger partial charge in [0.2, 0.25) is 5.91 Å². The Morgan fingerprint density at radius 2 is 1.85 bits per heavy atom. The Hall–Kier alpha value is -3.23. The van der Waals surface area contributed by atoms with Crippen LogP contribution in [0.4, 0.5) is 4.79 Å². The highest BCUT2D eigenvalue weighted by Gasteiger charge is 2.32. The van der Waals surface area contributed by atoms with Crippen molar-refractivity contribution in [3.8, 4) is 0 Å². The van der Waals surface area contributed by atoms with Crippen LogP contribution in [0.15, 0.2) is 30.3 Å². The van der Waals surface area contributed by atoms with Crippen molar-refractivity contribution in [1.82, 2.24) is 15.1 Å². The van der Waals surface area contributed by atoms with Gasteiger partial charge in [-0.2, -0.15) is 0 Å². The summed E-state index contributed by atoms with van der Waals surface area (Å²) in [6, 6.07) is 7.75. The number of ether oxygens (including phenoxy) is 1. The molecule has 2 rings (SSSR count). The van der Waals surface area contributed by atoms with E-state index in [0.29, 0.717) is 5.56 Å². The number of amides is 5. The SMILES string of the molecule is CN1CC(=O)N(CCCC(=O)OCC(=O)NC(=O)c2ccccc2)C1=O. The van der Waals surface area contributed by atoms with E-state index in [1.54, 1.807) is 30.3 Å². The zero-order valence-electron chi connectivity index (χ0n) is 14.3. The molecule has 1 aliphatic rings. The molecule has 1 heterocycles. The molecule has 0 aliphatic carbocycles. The summed E-state index contributed by atoms with van der Waals surface area (Å²) in [5.74, 6) is -2.29. The number of nitrogens with one attached hydrogen (secondary N) is 1. The number of likely N-dealkylation sites (N-methyl/N-ethyl adjacent to an activating group) is 1. The second-order valence-corrected chi connectivity index (χ2v) is 5.69. The number of hydrogen-bond acceptors (Lipinski definition) is 6. The highest BCUT2D eigenvalue weighted by molar-refractivity contribution is 6.05. The monoisotopic (exact) mass is 361 g/mol. The molecule has 0 aromatic heterocycles. The molecule has 0 spiro atoms. The first kappa shape index (κ1) is 19.1. The Morgan fingerprint density at radius 3 is 2.46 bits per heavy atom. The van der Waals surface area contributed by atoms with Crippen molar-refractivity contribution in [3.63, 3.8) is 0 Å². The molecule has 1 fully saturated rings. The van der Waals surface area contributed by atoms with Crippen molar-refractivity contribution < 1.29 is 28.7 Å². The second kappa shape index (κ2) is 8.75. The van der Waals surface area contributed by atoms with E-state index in [9.17, 15) is 24.0 Å². The number of benzene rings is 1. The van der Waals surface area contributed by atoms with E-state index in [1.165, 1.54) is 11.9 Å². The summed E-state index contributed by atoms with van der Waals surface area (Å²) in [5.41, 5.74) is 0.317. The molecule has 1 saturated heterocycles. The van der Waals surface area contributed by atoms with Crippen LogP contribution in [0.1, 0.15) is 23.2 Å². The molecule has 26 heavy (non-hydrogen) atoms. The van der Waals surface area contributed by atoms with E-state index in [4.69, 9.17) is 4.74 Å². The first-order valence-corrected chi connectivity index (χ1v) is 7.99. The van der Waals surface area contributed by atoms with Crippen LogP contribution in [0, 0.1) is 0 Å². The van der Waals surface area contributed by atoms with Crippen LogP contribution in [-0.2, 0) is 19.1 Å². The topological polar surface area (TPSA) is 113 Å². The summed E-state index contributed by atoms with van der Waals surface area (Å²) in [6.07, 6.45) is 0.176. The summed E-state index contributed by atoms with van der Waals surface area (Å²) >= 11 is 0. The number of urea groups is 1. The largest absolute Gasteiger partial charge is 0.456 e. The lowest BCUT2D eigenvalue weighted by molar-refractivity contribution is -0.148. The maximum Gasteiger partial charge on any atom is 0.326 e. The van der Waals surface area contributed by atoms with Crippen molar-refractivity contribution in [2.75, 3.05) is 26.7 Å². The summed E-state index contributed by atoms with van der Waals surface area (Å²) < 4.78 is 4.78. The van der Waals surface area contributed by atoms with Gasteiger partial charge in [-0.15, -0.1) is 0 Å². The van der Waals surface area contributed by atoms with Crippen LogP contribution in [0.3, 0.4) is 0 Å². The van der Waals surface area contributed by atoms with E-state index in [1.807, 2.05) is 0 Å². The number of rotatable bonds is 7. The van der Waals surface area contributed by atoms with Gasteiger partial charge in [-0.1, -0.05) is 18.2 Å². The minimum absolute atomic E-state index is 0.0267. The minimum Gasteiger partial charge on any atom is -0.456 e. The fourth-order valence-corrected chi connectivity index (χ4v) is 2.31. The van der Waals surface area contributed by atoms with Crippen LogP contribution in [0.2, 0.25) is 0 Å². The third kappa shape index (κ3) is 5.13. The van der Waals surface area contributed by atoms with E-state index in [-0.39, 0.29) is 31.8 Å². The van der Waals surface area contributed by atoms with Crippen LogP contribution in [-0.4, -0.2) is 66.3 Å².